The third-order valence-electron chi connectivity index (χ3n) is 3.77. The van der Waals surface area contributed by atoms with Crippen molar-refractivity contribution in [2.24, 2.45) is 0 Å². The zero-order valence-electron chi connectivity index (χ0n) is 12.4. The summed E-state index contributed by atoms with van der Waals surface area (Å²) in [6, 6.07) is 4.57. The molecule has 1 aromatic heterocycles. The molecule has 0 bridgehead atoms. The fourth-order valence-electron chi connectivity index (χ4n) is 2.37. The van der Waals surface area contributed by atoms with Crippen molar-refractivity contribution in [3.8, 4) is 5.75 Å². The first-order valence-electron chi connectivity index (χ1n) is 7.58. The summed E-state index contributed by atoms with van der Waals surface area (Å²) < 4.78 is 5.83. The maximum atomic E-state index is 11.4. The molecular formula is C15H22N4O2. The second-order valence-electron chi connectivity index (χ2n) is 5.62. The maximum Gasteiger partial charge on any atom is 0.317 e. The van der Waals surface area contributed by atoms with Crippen molar-refractivity contribution in [1.82, 2.24) is 20.5 Å². The standard InChI is InChI=1S/C15H22N4O2/c1-11-2-5-14(13(18-11)10-17-12-3-4-12)21-9-8-19-7-6-16-15(19)20/h2,5,12,17H,3-4,6-10H2,1H3,(H,16,20). The van der Waals surface area contributed by atoms with Gasteiger partial charge in [-0.1, -0.05) is 0 Å². The average Bonchev–Trinajstić information content (AvgIpc) is 3.21. The number of aromatic nitrogens is 1. The molecule has 0 spiro atoms. The quantitative estimate of drug-likeness (QED) is 0.787. The van der Waals surface area contributed by atoms with E-state index in [1.165, 1.54) is 12.8 Å². The van der Waals surface area contributed by atoms with Crippen LogP contribution in [0.4, 0.5) is 4.79 Å². The number of hydrogen-bond donors (Lipinski definition) is 2. The Morgan fingerprint density at radius 3 is 3.05 bits per heavy atom. The van der Waals surface area contributed by atoms with Gasteiger partial charge < -0.3 is 20.3 Å². The Kier molecular flexibility index (Phi) is 4.24. The SMILES string of the molecule is Cc1ccc(OCCN2CCNC2=O)c(CNC2CC2)n1. The number of urea groups is 1. The number of aryl methyl sites for hydroxylation is 1. The molecule has 1 saturated heterocycles. The van der Waals surface area contributed by atoms with E-state index in [-0.39, 0.29) is 6.03 Å². The molecule has 2 heterocycles. The lowest BCUT2D eigenvalue weighted by Gasteiger charge is -2.16. The van der Waals surface area contributed by atoms with Crippen molar-refractivity contribution < 1.29 is 9.53 Å². The summed E-state index contributed by atoms with van der Waals surface area (Å²) in [6.07, 6.45) is 2.51. The number of nitrogens with one attached hydrogen (secondary N) is 2. The first-order chi connectivity index (χ1) is 10.2. The third-order valence-corrected chi connectivity index (χ3v) is 3.77. The molecule has 0 unspecified atom stereocenters. The number of amides is 2. The van der Waals surface area contributed by atoms with E-state index in [2.05, 4.69) is 15.6 Å². The first kappa shape index (κ1) is 14.1. The summed E-state index contributed by atoms with van der Waals surface area (Å²) in [5, 5.41) is 6.25. The molecule has 114 valence electrons. The number of ether oxygens (including phenoxy) is 1. The van der Waals surface area contributed by atoms with Gasteiger partial charge in [0.15, 0.2) is 0 Å². The Hall–Kier alpha value is -1.82. The third kappa shape index (κ3) is 3.85. The molecule has 6 nitrogen and oxygen atoms in total. The Bertz CT molecular complexity index is 516. The Balaban J connectivity index is 1.54. The van der Waals surface area contributed by atoms with Crippen LogP contribution < -0.4 is 15.4 Å². The van der Waals surface area contributed by atoms with Crippen molar-refractivity contribution >= 4 is 6.03 Å². The van der Waals surface area contributed by atoms with Gasteiger partial charge in [0.1, 0.15) is 12.4 Å². The Morgan fingerprint density at radius 1 is 1.48 bits per heavy atom. The monoisotopic (exact) mass is 290 g/mol. The predicted octanol–water partition coefficient (Wildman–Crippen LogP) is 1.05. The number of nitrogens with zero attached hydrogens (tertiary/aromatic N) is 2. The molecule has 2 fully saturated rings. The van der Waals surface area contributed by atoms with E-state index in [1.54, 1.807) is 4.90 Å². The van der Waals surface area contributed by atoms with Crippen LogP contribution in [0.2, 0.25) is 0 Å². The average molecular weight is 290 g/mol. The van der Waals surface area contributed by atoms with E-state index in [1.807, 2.05) is 19.1 Å². The normalized spacial score (nSPS) is 18.0. The van der Waals surface area contributed by atoms with Gasteiger partial charge in [-0.05, 0) is 31.9 Å². The second kappa shape index (κ2) is 6.30. The molecule has 3 rings (SSSR count). The van der Waals surface area contributed by atoms with Crippen LogP contribution in [-0.4, -0.2) is 48.2 Å². The predicted molar refractivity (Wildman–Crippen MR) is 79.3 cm³/mol. The van der Waals surface area contributed by atoms with Crippen molar-refractivity contribution in [3.63, 3.8) is 0 Å². The largest absolute Gasteiger partial charge is 0.490 e. The highest BCUT2D eigenvalue weighted by atomic mass is 16.5. The number of carbonyl (C=O) groups excluding carboxylic acids is 1. The van der Waals surface area contributed by atoms with E-state index in [0.29, 0.717) is 19.2 Å². The Labute approximate surface area is 124 Å². The summed E-state index contributed by atoms with van der Waals surface area (Å²) in [7, 11) is 0. The van der Waals surface area contributed by atoms with Crippen LogP contribution in [-0.2, 0) is 6.54 Å². The molecule has 2 aliphatic rings. The van der Waals surface area contributed by atoms with Gasteiger partial charge in [-0.25, -0.2) is 4.79 Å². The zero-order valence-corrected chi connectivity index (χ0v) is 12.4. The lowest BCUT2D eigenvalue weighted by atomic mass is 10.3. The molecule has 0 aromatic carbocycles. The van der Waals surface area contributed by atoms with Crippen LogP contribution in [0.25, 0.3) is 0 Å². The lowest BCUT2D eigenvalue weighted by molar-refractivity contribution is 0.202. The Morgan fingerprint density at radius 2 is 2.33 bits per heavy atom. The zero-order chi connectivity index (χ0) is 14.7. The minimum Gasteiger partial charge on any atom is -0.490 e. The van der Waals surface area contributed by atoms with Crippen LogP contribution >= 0.6 is 0 Å². The summed E-state index contributed by atoms with van der Waals surface area (Å²) in [5.41, 5.74) is 1.95. The van der Waals surface area contributed by atoms with Crippen LogP contribution in [0.5, 0.6) is 5.75 Å². The fraction of sp³-hybridized carbons (Fsp3) is 0.600. The van der Waals surface area contributed by atoms with E-state index < -0.39 is 0 Å². The molecule has 1 aliphatic carbocycles. The summed E-state index contributed by atoms with van der Waals surface area (Å²) in [4.78, 5) is 17.8. The van der Waals surface area contributed by atoms with Crippen molar-refractivity contribution in [3.05, 3.63) is 23.5 Å². The van der Waals surface area contributed by atoms with Gasteiger partial charge in [0, 0.05) is 31.4 Å². The first-order valence-corrected chi connectivity index (χ1v) is 7.58. The van der Waals surface area contributed by atoms with Gasteiger partial charge in [0.05, 0.1) is 12.2 Å². The smallest absolute Gasteiger partial charge is 0.317 e. The highest BCUT2D eigenvalue weighted by Crippen LogP contribution is 2.22. The molecule has 1 saturated carbocycles. The van der Waals surface area contributed by atoms with Gasteiger partial charge in [0.25, 0.3) is 0 Å². The van der Waals surface area contributed by atoms with E-state index in [4.69, 9.17) is 4.74 Å². The summed E-state index contributed by atoms with van der Waals surface area (Å²) in [5.74, 6) is 0.813. The lowest BCUT2D eigenvalue weighted by Crippen LogP contribution is -2.32. The summed E-state index contributed by atoms with van der Waals surface area (Å²) >= 11 is 0. The number of pyridine rings is 1. The fourth-order valence-corrected chi connectivity index (χ4v) is 2.37. The van der Waals surface area contributed by atoms with Gasteiger partial charge in [-0.2, -0.15) is 0 Å². The maximum absolute atomic E-state index is 11.4. The summed E-state index contributed by atoms with van der Waals surface area (Å²) in [6.45, 7) is 5.31. The van der Waals surface area contributed by atoms with Crippen LogP contribution in [0.1, 0.15) is 24.2 Å². The van der Waals surface area contributed by atoms with Crippen LogP contribution in [0, 0.1) is 6.92 Å². The minimum atomic E-state index is -0.00347. The number of rotatable bonds is 7. The molecule has 0 radical (unpaired) electrons. The van der Waals surface area contributed by atoms with Crippen molar-refractivity contribution in [2.75, 3.05) is 26.2 Å². The van der Waals surface area contributed by atoms with Gasteiger partial charge in [0.2, 0.25) is 0 Å². The van der Waals surface area contributed by atoms with Crippen LogP contribution in [0.3, 0.4) is 0 Å². The highest BCUT2D eigenvalue weighted by Gasteiger charge is 2.21. The molecular weight excluding hydrogens is 268 g/mol. The molecule has 2 N–H and O–H groups in total. The molecule has 1 aromatic rings. The van der Waals surface area contributed by atoms with Gasteiger partial charge in [-0.15, -0.1) is 0 Å². The van der Waals surface area contributed by atoms with E-state index in [9.17, 15) is 4.79 Å². The molecule has 0 atom stereocenters. The minimum absolute atomic E-state index is 0.00347. The van der Waals surface area contributed by atoms with Crippen LogP contribution in [0.15, 0.2) is 12.1 Å². The topological polar surface area (TPSA) is 66.5 Å². The number of hydrogen-bond acceptors (Lipinski definition) is 4. The number of carbonyl (C=O) groups is 1. The second-order valence-corrected chi connectivity index (χ2v) is 5.62. The van der Waals surface area contributed by atoms with Crippen molar-refractivity contribution in [1.29, 1.82) is 0 Å². The van der Waals surface area contributed by atoms with Gasteiger partial charge in [-0.3, -0.25) is 4.98 Å². The highest BCUT2D eigenvalue weighted by molar-refractivity contribution is 5.76. The molecule has 6 heteroatoms. The molecule has 21 heavy (non-hydrogen) atoms. The molecule has 1 aliphatic heterocycles. The van der Waals surface area contributed by atoms with E-state index in [0.717, 1.165) is 36.8 Å². The molecule has 2 amide bonds. The van der Waals surface area contributed by atoms with E-state index >= 15 is 0 Å². The van der Waals surface area contributed by atoms with Gasteiger partial charge >= 0.3 is 6.03 Å². The van der Waals surface area contributed by atoms with Crippen molar-refractivity contribution in [2.45, 2.75) is 32.4 Å².